The van der Waals surface area contributed by atoms with E-state index in [0.29, 0.717) is 4.57 Å². The normalized spacial score (nSPS) is 10.5. The van der Waals surface area contributed by atoms with Gasteiger partial charge in [-0.1, -0.05) is 23.2 Å². The van der Waals surface area contributed by atoms with Crippen molar-refractivity contribution in [3.8, 4) is 5.69 Å². The van der Waals surface area contributed by atoms with Crippen molar-refractivity contribution in [2.45, 2.75) is 0 Å². The zero-order chi connectivity index (χ0) is 12.6. The number of hydrogen-bond acceptors (Lipinski definition) is 2. The lowest BCUT2D eigenvalue weighted by Gasteiger charge is -2.05. The second-order valence-electron chi connectivity index (χ2n) is 3.19. The summed E-state index contributed by atoms with van der Waals surface area (Å²) in [7, 11) is 0. The van der Waals surface area contributed by atoms with Crippen LogP contribution in [0.2, 0.25) is 10.2 Å². The fourth-order valence-electron chi connectivity index (χ4n) is 1.36. The highest BCUT2D eigenvalue weighted by Crippen LogP contribution is 2.16. The number of H-pyrrole nitrogens is 1. The van der Waals surface area contributed by atoms with E-state index < -0.39 is 17.1 Å². The summed E-state index contributed by atoms with van der Waals surface area (Å²) in [5, 5.41) is 0.0651. The number of nitrogens with one attached hydrogen (secondary N) is 1. The highest BCUT2D eigenvalue weighted by molar-refractivity contribution is 6.30. The summed E-state index contributed by atoms with van der Waals surface area (Å²) in [4.78, 5) is 25.3. The molecule has 7 heteroatoms. The molecule has 0 aliphatic carbocycles. The first-order chi connectivity index (χ1) is 7.99. The summed E-state index contributed by atoms with van der Waals surface area (Å²) in [6.45, 7) is 0. The van der Waals surface area contributed by atoms with Crippen molar-refractivity contribution in [2.24, 2.45) is 0 Å². The van der Waals surface area contributed by atoms with Gasteiger partial charge in [-0.05, 0) is 18.2 Å². The molecule has 2 rings (SSSR count). The maximum absolute atomic E-state index is 13.6. The molecule has 0 saturated carbocycles. The number of nitrogens with zero attached hydrogens (tertiary/aromatic N) is 1. The molecule has 0 aliphatic heterocycles. The topological polar surface area (TPSA) is 54.9 Å². The van der Waals surface area contributed by atoms with Gasteiger partial charge in [-0.15, -0.1) is 0 Å². The van der Waals surface area contributed by atoms with Gasteiger partial charge in [0.15, 0.2) is 0 Å². The smallest absolute Gasteiger partial charge is 0.297 e. The molecule has 2 aromatic rings. The standard InChI is InChI=1S/C10H5Cl2FN2O2/c11-5-1-2-7(6(13)3-5)15-9(16)4-8(12)14-10(15)17/h1-4H,(H,14,17). The van der Waals surface area contributed by atoms with Gasteiger partial charge in [0.2, 0.25) is 0 Å². The monoisotopic (exact) mass is 274 g/mol. The van der Waals surface area contributed by atoms with Gasteiger partial charge in [0.05, 0.1) is 5.69 Å². The first-order valence-corrected chi connectivity index (χ1v) is 5.22. The Kier molecular flexibility index (Phi) is 3.04. The maximum Gasteiger partial charge on any atom is 0.334 e. The van der Waals surface area contributed by atoms with Crippen molar-refractivity contribution in [3.63, 3.8) is 0 Å². The minimum absolute atomic E-state index is 0.106. The van der Waals surface area contributed by atoms with Gasteiger partial charge >= 0.3 is 5.69 Å². The summed E-state index contributed by atoms with van der Waals surface area (Å²) in [6, 6.07) is 4.61. The molecule has 0 fully saturated rings. The highest BCUT2D eigenvalue weighted by atomic mass is 35.5. The van der Waals surface area contributed by atoms with Crippen molar-refractivity contribution in [2.75, 3.05) is 0 Å². The lowest BCUT2D eigenvalue weighted by Crippen LogP contribution is -2.33. The fourth-order valence-corrected chi connectivity index (χ4v) is 1.69. The number of halogens is 3. The van der Waals surface area contributed by atoms with Crippen LogP contribution in [0.1, 0.15) is 0 Å². The Bertz CT molecular complexity index is 662. The molecule has 0 aliphatic rings. The minimum atomic E-state index is -0.816. The maximum atomic E-state index is 13.6. The Morgan fingerprint density at radius 2 is 1.88 bits per heavy atom. The molecule has 1 aromatic carbocycles. The quantitative estimate of drug-likeness (QED) is 0.809. The zero-order valence-corrected chi connectivity index (χ0v) is 9.72. The molecule has 0 radical (unpaired) electrons. The molecule has 4 nitrogen and oxygen atoms in total. The molecule has 17 heavy (non-hydrogen) atoms. The van der Waals surface area contributed by atoms with Gasteiger partial charge in [-0.25, -0.2) is 13.8 Å². The van der Waals surface area contributed by atoms with E-state index >= 15 is 0 Å². The Morgan fingerprint density at radius 3 is 2.47 bits per heavy atom. The van der Waals surface area contributed by atoms with Gasteiger partial charge in [0.25, 0.3) is 5.56 Å². The molecule has 0 unspecified atom stereocenters. The van der Waals surface area contributed by atoms with Crippen molar-refractivity contribution < 1.29 is 4.39 Å². The third-order valence-electron chi connectivity index (χ3n) is 2.05. The Labute approximate surface area is 104 Å². The van der Waals surface area contributed by atoms with E-state index in [1.807, 2.05) is 0 Å². The lowest BCUT2D eigenvalue weighted by molar-refractivity contribution is 0.612. The van der Waals surface area contributed by atoms with E-state index in [1.165, 1.54) is 12.1 Å². The molecule has 0 amide bonds. The van der Waals surface area contributed by atoms with Crippen LogP contribution in [0.25, 0.3) is 5.69 Å². The molecule has 0 atom stereocenters. The van der Waals surface area contributed by atoms with E-state index in [9.17, 15) is 14.0 Å². The Morgan fingerprint density at radius 1 is 1.18 bits per heavy atom. The van der Waals surface area contributed by atoms with Crippen LogP contribution >= 0.6 is 23.2 Å². The highest BCUT2D eigenvalue weighted by Gasteiger charge is 2.10. The molecular formula is C10H5Cl2FN2O2. The molecule has 1 heterocycles. The molecular weight excluding hydrogens is 270 g/mol. The van der Waals surface area contributed by atoms with Crippen molar-refractivity contribution in [1.82, 2.24) is 9.55 Å². The molecule has 1 N–H and O–H groups in total. The summed E-state index contributed by atoms with van der Waals surface area (Å²) in [5.74, 6) is -0.771. The third kappa shape index (κ3) is 2.25. The molecule has 0 spiro atoms. The van der Waals surface area contributed by atoms with Crippen LogP contribution < -0.4 is 11.2 Å². The summed E-state index contributed by atoms with van der Waals surface area (Å²) in [6.07, 6.45) is 0. The number of aromatic nitrogens is 2. The molecule has 0 bridgehead atoms. The van der Waals surface area contributed by atoms with E-state index in [2.05, 4.69) is 4.98 Å². The predicted molar refractivity (Wildman–Crippen MR) is 62.6 cm³/mol. The van der Waals surface area contributed by atoms with Crippen LogP contribution in [0, 0.1) is 5.82 Å². The van der Waals surface area contributed by atoms with Gasteiger partial charge in [0, 0.05) is 11.1 Å². The molecule has 0 saturated heterocycles. The van der Waals surface area contributed by atoms with Crippen LogP contribution in [0.15, 0.2) is 33.9 Å². The first kappa shape index (κ1) is 11.9. The number of aromatic amines is 1. The van der Waals surface area contributed by atoms with Crippen molar-refractivity contribution in [1.29, 1.82) is 0 Å². The van der Waals surface area contributed by atoms with Crippen molar-refractivity contribution in [3.05, 3.63) is 61.1 Å². The van der Waals surface area contributed by atoms with Crippen LogP contribution in [0.4, 0.5) is 4.39 Å². The van der Waals surface area contributed by atoms with Crippen LogP contribution in [0.3, 0.4) is 0 Å². The fraction of sp³-hybridized carbons (Fsp3) is 0. The zero-order valence-electron chi connectivity index (χ0n) is 8.21. The number of benzene rings is 1. The average molecular weight is 275 g/mol. The molecule has 1 aromatic heterocycles. The first-order valence-electron chi connectivity index (χ1n) is 4.46. The van der Waals surface area contributed by atoms with Crippen LogP contribution in [-0.4, -0.2) is 9.55 Å². The van der Waals surface area contributed by atoms with E-state index in [1.54, 1.807) is 0 Å². The van der Waals surface area contributed by atoms with E-state index in [0.717, 1.165) is 12.1 Å². The van der Waals surface area contributed by atoms with Gasteiger partial charge < -0.3 is 0 Å². The largest absolute Gasteiger partial charge is 0.334 e. The van der Waals surface area contributed by atoms with Gasteiger partial charge in [0.1, 0.15) is 11.0 Å². The number of rotatable bonds is 1. The lowest BCUT2D eigenvalue weighted by atomic mass is 10.3. The van der Waals surface area contributed by atoms with Crippen LogP contribution in [0.5, 0.6) is 0 Å². The van der Waals surface area contributed by atoms with Crippen LogP contribution in [-0.2, 0) is 0 Å². The SMILES string of the molecule is O=c1cc(Cl)[nH]c(=O)n1-c1ccc(Cl)cc1F. The van der Waals surface area contributed by atoms with E-state index in [4.69, 9.17) is 23.2 Å². The average Bonchev–Trinajstić information content (AvgIpc) is 2.19. The Balaban J connectivity index is 2.78. The summed E-state index contributed by atoms with van der Waals surface area (Å²) in [5.41, 5.74) is -1.72. The molecule has 88 valence electrons. The predicted octanol–water partition coefficient (Wildman–Crippen LogP) is 1.97. The number of hydrogen-bond donors (Lipinski definition) is 1. The second-order valence-corrected chi connectivity index (χ2v) is 4.04. The summed E-state index contributed by atoms with van der Waals surface area (Å²) < 4.78 is 14.2. The van der Waals surface area contributed by atoms with Crippen molar-refractivity contribution >= 4 is 23.2 Å². The third-order valence-corrected chi connectivity index (χ3v) is 2.49. The van der Waals surface area contributed by atoms with Gasteiger partial charge in [-0.2, -0.15) is 0 Å². The van der Waals surface area contributed by atoms with E-state index in [-0.39, 0.29) is 15.9 Å². The minimum Gasteiger partial charge on any atom is -0.297 e. The Hall–Kier alpha value is -1.59. The second kappa shape index (κ2) is 4.35. The van der Waals surface area contributed by atoms with Gasteiger partial charge in [-0.3, -0.25) is 9.78 Å². The summed E-state index contributed by atoms with van der Waals surface area (Å²) >= 11 is 11.1.